The predicted molar refractivity (Wildman–Crippen MR) is 44.9 cm³/mol. The minimum absolute atomic E-state index is 0.643. The summed E-state index contributed by atoms with van der Waals surface area (Å²) in [7, 11) is 0. The van der Waals surface area contributed by atoms with Crippen molar-refractivity contribution in [1.82, 2.24) is 0 Å². The Hall–Kier alpha value is 0.480. The van der Waals surface area contributed by atoms with Crippen molar-refractivity contribution in [3.8, 4) is 0 Å². The molecule has 0 aromatic heterocycles. The summed E-state index contributed by atoms with van der Waals surface area (Å²) in [6.07, 6.45) is 2.69. The van der Waals surface area contributed by atoms with Crippen molar-refractivity contribution >= 4 is 15.9 Å². The van der Waals surface area contributed by atoms with Crippen LogP contribution in [-0.2, 0) is 0 Å². The lowest BCUT2D eigenvalue weighted by Gasteiger charge is -2.07. The largest absolute Gasteiger partial charge is 0.0888 e. The average molecular weight is 191 g/mol. The summed E-state index contributed by atoms with van der Waals surface area (Å²) in [6.45, 7) is 6.94. The van der Waals surface area contributed by atoms with Gasteiger partial charge in [-0.3, -0.25) is 0 Å². The molecule has 1 aliphatic rings. The van der Waals surface area contributed by atoms with Crippen molar-refractivity contribution < 1.29 is 0 Å². The molecule has 0 radical (unpaired) electrons. The third kappa shape index (κ3) is 1.49. The topological polar surface area (TPSA) is 0 Å². The molecule has 1 aliphatic carbocycles. The molecule has 0 heterocycles. The lowest BCUT2D eigenvalue weighted by molar-refractivity contribution is 0.541. The van der Waals surface area contributed by atoms with E-state index in [9.17, 15) is 0 Å². The van der Waals surface area contributed by atoms with Gasteiger partial charge in [0.1, 0.15) is 0 Å². The second kappa shape index (κ2) is 2.26. The van der Waals surface area contributed by atoms with Crippen LogP contribution in [0.5, 0.6) is 0 Å². The first kappa shape index (κ1) is 7.59. The van der Waals surface area contributed by atoms with Crippen LogP contribution >= 0.6 is 15.9 Å². The summed E-state index contributed by atoms with van der Waals surface area (Å²) in [5.74, 6) is 0.947. The van der Waals surface area contributed by atoms with Gasteiger partial charge in [-0.25, -0.2) is 0 Å². The van der Waals surface area contributed by atoms with E-state index in [0.29, 0.717) is 5.41 Å². The molecule has 0 aliphatic heterocycles. The molecule has 1 saturated carbocycles. The number of hydrogen-bond donors (Lipinski definition) is 0. The molecule has 0 bridgehead atoms. The van der Waals surface area contributed by atoms with Crippen LogP contribution in [0, 0.1) is 11.3 Å². The number of hydrogen-bond acceptors (Lipinski definition) is 0. The molecule has 0 spiro atoms. The van der Waals surface area contributed by atoms with Crippen LogP contribution in [0.2, 0.25) is 0 Å². The Bertz CT molecular complexity index is 107. The highest BCUT2D eigenvalue weighted by atomic mass is 79.9. The molecular weight excluding hydrogens is 176 g/mol. The first-order valence-electron chi connectivity index (χ1n) is 3.72. The zero-order valence-electron chi connectivity index (χ0n) is 6.45. The van der Waals surface area contributed by atoms with E-state index in [4.69, 9.17) is 0 Å². The van der Waals surface area contributed by atoms with E-state index in [1.165, 1.54) is 12.8 Å². The Kier molecular flexibility index (Phi) is 1.91. The molecule has 0 nitrogen and oxygen atoms in total. The van der Waals surface area contributed by atoms with Crippen molar-refractivity contribution in [1.29, 1.82) is 0 Å². The van der Waals surface area contributed by atoms with Crippen LogP contribution in [0.4, 0.5) is 0 Å². The van der Waals surface area contributed by atoms with E-state index in [1.807, 2.05) is 0 Å². The van der Waals surface area contributed by atoms with Gasteiger partial charge in [-0.2, -0.15) is 0 Å². The first-order valence-corrected chi connectivity index (χ1v) is 4.63. The van der Waals surface area contributed by atoms with Gasteiger partial charge in [-0.15, -0.1) is 0 Å². The van der Waals surface area contributed by atoms with Gasteiger partial charge in [0.25, 0.3) is 0 Å². The summed E-state index contributed by atoms with van der Waals surface area (Å²) < 4.78 is 0. The van der Waals surface area contributed by atoms with Gasteiger partial charge in [-0.05, 0) is 24.2 Å². The number of rotatable bonds is 2. The van der Waals surface area contributed by atoms with E-state index in [-0.39, 0.29) is 0 Å². The van der Waals surface area contributed by atoms with Crippen LogP contribution in [0.3, 0.4) is 0 Å². The average Bonchev–Trinajstić information content (AvgIpc) is 2.38. The number of alkyl halides is 1. The van der Waals surface area contributed by atoms with Gasteiger partial charge in [0, 0.05) is 4.83 Å². The van der Waals surface area contributed by atoms with Gasteiger partial charge in [0.2, 0.25) is 0 Å². The molecule has 0 aromatic carbocycles. The monoisotopic (exact) mass is 190 g/mol. The van der Waals surface area contributed by atoms with Crippen molar-refractivity contribution in [2.75, 3.05) is 0 Å². The van der Waals surface area contributed by atoms with Crippen LogP contribution in [0.25, 0.3) is 0 Å². The predicted octanol–water partition coefficient (Wildman–Crippen LogP) is 3.21. The van der Waals surface area contributed by atoms with Crippen LogP contribution in [0.1, 0.15) is 33.6 Å². The second-order valence-corrected chi connectivity index (χ2v) is 4.90. The molecule has 1 heteroatoms. The summed E-state index contributed by atoms with van der Waals surface area (Å²) in [4.78, 5) is 0.771. The Balaban J connectivity index is 2.33. The van der Waals surface area contributed by atoms with E-state index < -0.39 is 0 Å². The molecular formula is C8H15Br. The minimum Gasteiger partial charge on any atom is -0.0888 e. The fraction of sp³-hybridized carbons (Fsp3) is 1.00. The summed E-state index contributed by atoms with van der Waals surface area (Å²) in [6, 6.07) is 0. The third-order valence-corrected chi connectivity index (χ3v) is 3.70. The maximum Gasteiger partial charge on any atom is 0.0176 e. The molecule has 2 atom stereocenters. The normalized spacial score (nSPS) is 34.0. The quantitative estimate of drug-likeness (QED) is 0.588. The molecule has 2 unspecified atom stereocenters. The highest BCUT2D eigenvalue weighted by Crippen LogP contribution is 2.55. The van der Waals surface area contributed by atoms with Gasteiger partial charge in [0.05, 0.1) is 0 Å². The SMILES string of the molecule is CCC(Br)C1CC1(C)C. The molecule has 0 aromatic rings. The number of halogens is 1. The van der Waals surface area contributed by atoms with Crippen molar-refractivity contribution in [3.63, 3.8) is 0 Å². The van der Waals surface area contributed by atoms with Crippen LogP contribution in [-0.4, -0.2) is 4.83 Å². The Morgan fingerprint density at radius 3 is 2.22 bits per heavy atom. The Labute approximate surface area is 66.2 Å². The molecule has 1 rings (SSSR count). The van der Waals surface area contributed by atoms with Gasteiger partial charge >= 0.3 is 0 Å². The fourth-order valence-corrected chi connectivity index (χ4v) is 2.31. The van der Waals surface area contributed by atoms with E-state index in [2.05, 4.69) is 36.7 Å². The van der Waals surface area contributed by atoms with E-state index in [1.54, 1.807) is 0 Å². The van der Waals surface area contributed by atoms with Gasteiger partial charge in [0.15, 0.2) is 0 Å². The molecule has 0 N–H and O–H groups in total. The minimum atomic E-state index is 0.643. The lowest BCUT2D eigenvalue weighted by atomic mass is 10.1. The summed E-state index contributed by atoms with van der Waals surface area (Å²) in [5.41, 5.74) is 0.643. The molecule has 0 amide bonds. The summed E-state index contributed by atoms with van der Waals surface area (Å²) in [5, 5.41) is 0. The molecule has 0 saturated heterocycles. The van der Waals surface area contributed by atoms with Crippen molar-refractivity contribution in [2.45, 2.75) is 38.4 Å². The lowest BCUT2D eigenvalue weighted by Crippen LogP contribution is -2.03. The molecule has 9 heavy (non-hydrogen) atoms. The standard InChI is InChI=1S/C8H15Br/c1-4-7(9)6-5-8(6,2)3/h6-7H,4-5H2,1-3H3. The fourth-order valence-electron chi connectivity index (χ4n) is 1.41. The molecule has 1 fully saturated rings. The van der Waals surface area contributed by atoms with Gasteiger partial charge < -0.3 is 0 Å². The zero-order valence-corrected chi connectivity index (χ0v) is 8.03. The smallest absolute Gasteiger partial charge is 0.0176 e. The van der Waals surface area contributed by atoms with Gasteiger partial charge in [-0.1, -0.05) is 36.7 Å². The zero-order chi connectivity index (χ0) is 7.07. The highest BCUT2D eigenvalue weighted by molar-refractivity contribution is 9.09. The second-order valence-electron chi connectivity index (χ2n) is 3.72. The van der Waals surface area contributed by atoms with Crippen LogP contribution < -0.4 is 0 Å². The van der Waals surface area contributed by atoms with E-state index in [0.717, 1.165) is 10.7 Å². The Morgan fingerprint density at radius 2 is 2.11 bits per heavy atom. The summed E-state index contributed by atoms with van der Waals surface area (Å²) >= 11 is 3.68. The maximum absolute atomic E-state index is 3.68. The van der Waals surface area contributed by atoms with Crippen LogP contribution in [0.15, 0.2) is 0 Å². The first-order chi connectivity index (χ1) is 4.08. The molecule has 54 valence electrons. The van der Waals surface area contributed by atoms with Crippen molar-refractivity contribution in [3.05, 3.63) is 0 Å². The Morgan fingerprint density at radius 1 is 1.67 bits per heavy atom. The maximum atomic E-state index is 3.68. The third-order valence-electron chi connectivity index (χ3n) is 2.42. The highest BCUT2D eigenvalue weighted by Gasteiger charge is 2.48. The van der Waals surface area contributed by atoms with Crippen molar-refractivity contribution in [2.24, 2.45) is 11.3 Å². The van der Waals surface area contributed by atoms with E-state index >= 15 is 0 Å².